The van der Waals surface area contributed by atoms with Crippen LogP contribution in [0.15, 0.2) is 23.1 Å². The minimum absolute atomic E-state index is 0.0675. The lowest BCUT2D eigenvalue weighted by Gasteiger charge is -2.16. The van der Waals surface area contributed by atoms with Gasteiger partial charge in [-0.3, -0.25) is 0 Å². The second kappa shape index (κ2) is 6.65. The molecule has 0 bridgehead atoms. The Bertz CT molecular complexity index is 506. The Morgan fingerprint density at radius 3 is 2.67 bits per heavy atom. The lowest BCUT2D eigenvalue weighted by molar-refractivity contribution is 0.558. The summed E-state index contributed by atoms with van der Waals surface area (Å²) < 4.78 is 27.0. The van der Waals surface area contributed by atoms with E-state index < -0.39 is 10.0 Å². The highest BCUT2D eigenvalue weighted by atomic mass is 35.5. The number of hydrogen-bond acceptors (Lipinski definition) is 4. The van der Waals surface area contributed by atoms with E-state index in [-0.39, 0.29) is 16.0 Å². The number of sulfonamides is 1. The molecule has 0 spiro atoms. The normalized spacial score (nSPS) is 13.5. The summed E-state index contributed by atoms with van der Waals surface area (Å²) in [6.45, 7) is 1.94. The van der Waals surface area contributed by atoms with Crippen molar-refractivity contribution in [3.63, 3.8) is 0 Å². The maximum Gasteiger partial charge on any atom is 0.242 e. The molecule has 1 unspecified atom stereocenters. The Morgan fingerprint density at radius 2 is 2.17 bits per heavy atom. The third-order valence-electron chi connectivity index (χ3n) is 2.43. The van der Waals surface area contributed by atoms with Crippen LogP contribution in [0.2, 0.25) is 5.02 Å². The van der Waals surface area contributed by atoms with Crippen molar-refractivity contribution in [2.24, 2.45) is 0 Å². The maximum absolute atomic E-state index is 12.2. The zero-order valence-electron chi connectivity index (χ0n) is 10.3. The molecule has 0 radical (unpaired) electrons. The van der Waals surface area contributed by atoms with Crippen molar-refractivity contribution >= 4 is 39.1 Å². The summed E-state index contributed by atoms with van der Waals surface area (Å²) in [6.07, 6.45) is 2.67. The van der Waals surface area contributed by atoms with E-state index in [0.717, 1.165) is 12.2 Å². The fourth-order valence-corrected chi connectivity index (χ4v) is 4.15. The minimum Gasteiger partial charge on any atom is -0.399 e. The van der Waals surface area contributed by atoms with Gasteiger partial charge in [-0.05, 0) is 30.9 Å². The fraction of sp³-hybridized carbons (Fsp3) is 0.455. The van der Waals surface area contributed by atoms with Crippen molar-refractivity contribution in [2.45, 2.75) is 24.3 Å². The smallest absolute Gasteiger partial charge is 0.242 e. The lowest BCUT2D eigenvalue weighted by Crippen LogP contribution is -2.36. The second-order valence-corrected chi connectivity index (χ2v) is 6.87. The first-order chi connectivity index (χ1) is 8.40. The van der Waals surface area contributed by atoms with Crippen LogP contribution in [0.5, 0.6) is 0 Å². The Labute approximate surface area is 117 Å². The Hall–Kier alpha value is -0.430. The third kappa shape index (κ3) is 4.05. The highest BCUT2D eigenvalue weighted by molar-refractivity contribution is 7.98. The highest BCUT2D eigenvalue weighted by Gasteiger charge is 2.21. The molecule has 0 amide bonds. The standard InChI is InChI=1S/C11H17ClN2O2S2/c1-3-9(7-17-2)14-18(15,16)11-5-4-8(13)6-10(11)12/h4-6,9,14H,3,7,13H2,1-2H3. The van der Waals surface area contributed by atoms with Crippen LogP contribution in [0.3, 0.4) is 0 Å². The molecule has 3 N–H and O–H groups in total. The van der Waals surface area contributed by atoms with Crippen LogP contribution in [0, 0.1) is 0 Å². The average Bonchev–Trinajstić information content (AvgIpc) is 2.27. The van der Waals surface area contributed by atoms with Gasteiger partial charge >= 0.3 is 0 Å². The van der Waals surface area contributed by atoms with Gasteiger partial charge in [0.15, 0.2) is 0 Å². The van der Waals surface area contributed by atoms with E-state index in [1.54, 1.807) is 11.8 Å². The number of rotatable bonds is 6. The first kappa shape index (κ1) is 15.6. The van der Waals surface area contributed by atoms with E-state index in [1.807, 2.05) is 13.2 Å². The van der Waals surface area contributed by atoms with Crippen LogP contribution in [-0.4, -0.2) is 26.5 Å². The number of anilines is 1. The number of nitrogen functional groups attached to an aromatic ring is 1. The molecular weight excluding hydrogens is 292 g/mol. The molecule has 1 rings (SSSR count). The van der Waals surface area contributed by atoms with Crippen molar-refractivity contribution in [1.82, 2.24) is 4.72 Å². The summed E-state index contributed by atoms with van der Waals surface area (Å²) in [7, 11) is -3.59. The van der Waals surface area contributed by atoms with Crippen LogP contribution in [-0.2, 0) is 10.0 Å². The average molecular weight is 309 g/mol. The van der Waals surface area contributed by atoms with Gasteiger partial charge in [-0.1, -0.05) is 18.5 Å². The van der Waals surface area contributed by atoms with Crippen molar-refractivity contribution in [3.8, 4) is 0 Å². The number of benzene rings is 1. The van der Waals surface area contributed by atoms with E-state index in [0.29, 0.717) is 5.69 Å². The van der Waals surface area contributed by atoms with E-state index in [1.165, 1.54) is 18.2 Å². The van der Waals surface area contributed by atoms with E-state index >= 15 is 0 Å². The summed E-state index contributed by atoms with van der Waals surface area (Å²) >= 11 is 7.51. The molecule has 1 aromatic carbocycles. The van der Waals surface area contributed by atoms with Crippen molar-refractivity contribution in [1.29, 1.82) is 0 Å². The quantitative estimate of drug-likeness (QED) is 0.791. The molecule has 0 aliphatic heterocycles. The fourth-order valence-electron chi connectivity index (χ4n) is 1.45. The first-order valence-corrected chi connectivity index (χ1v) is 8.72. The van der Waals surface area contributed by atoms with Crippen LogP contribution >= 0.6 is 23.4 Å². The number of halogens is 1. The summed E-state index contributed by atoms with van der Waals surface area (Å²) in [5.74, 6) is 0.725. The molecule has 0 saturated carbocycles. The molecule has 18 heavy (non-hydrogen) atoms. The predicted octanol–water partition coefficient (Wildman–Crippen LogP) is 2.34. The highest BCUT2D eigenvalue weighted by Crippen LogP contribution is 2.24. The summed E-state index contributed by atoms with van der Waals surface area (Å²) in [4.78, 5) is 0.0675. The molecule has 0 fully saturated rings. The topological polar surface area (TPSA) is 72.2 Å². The van der Waals surface area contributed by atoms with Gasteiger partial charge in [0.2, 0.25) is 10.0 Å². The van der Waals surface area contributed by atoms with Crippen LogP contribution in [0.25, 0.3) is 0 Å². The van der Waals surface area contributed by atoms with Crippen LogP contribution in [0.1, 0.15) is 13.3 Å². The Balaban J connectivity index is 2.99. The van der Waals surface area contributed by atoms with Crippen molar-refractivity contribution in [3.05, 3.63) is 23.2 Å². The molecule has 0 saturated heterocycles. The number of nitrogens with two attached hydrogens (primary N) is 1. The summed E-state index contributed by atoms with van der Waals surface area (Å²) in [5.41, 5.74) is 5.98. The van der Waals surface area contributed by atoms with Crippen molar-refractivity contribution in [2.75, 3.05) is 17.7 Å². The van der Waals surface area contributed by atoms with Crippen LogP contribution < -0.4 is 10.5 Å². The molecule has 4 nitrogen and oxygen atoms in total. The maximum atomic E-state index is 12.2. The minimum atomic E-state index is -3.59. The number of thioether (sulfide) groups is 1. The predicted molar refractivity (Wildman–Crippen MR) is 78.6 cm³/mol. The zero-order valence-corrected chi connectivity index (χ0v) is 12.7. The molecule has 0 aliphatic rings. The molecule has 1 atom stereocenters. The molecule has 7 heteroatoms. The van der Waals surface area contributed by atoms with Gasteiger partial charge in [0.05, 0.1) is 5.02 Å². The van der Waals surface area contributed by atoms with E-state index in [2.05, 4.69) is 4.72 Å². The molecule has 0 heterocycles. The largest absolute Gasteiger partial charge is 0.399 e. The number of hydrogen-bond donors (Lipinski definition) is 2. The molecule has 0 aliphatic carbocycles. The molecule has 1 aromatic rings. The number of nitrogens with one attached hydrogen (secondary N) is 1. The lowest BCUT2D eigenvalue weighted by atomic mass is 10.3. The van der Waals surface area contributed by atoms with Crippen LogP contribution in [0.4, 0.5) is 5.69 Å². The molecule has 102 valence electrons. The summed E-state index contributed by atoms with van der Waals surface area (Å²) in [5, 5.41) is 0.140. The van der Waals surface area contributed by atoms with E-state index in [9.17, 15) is 8.42 Å². The van der Waals surface area contributed by atoms with Crippen molar-refractivity contribution < 1.29 is 8.42 Å². The second-order valence-electron chi connectivity index (χ2n) is 3.87. The van der Waals surface area contributed by atoms with Gasteiger partial charge in [0.25, 0.3) is 0 Å². The first-order valence-electron chi connectivity index (χ1n) is 5.47. The van der Waals surface area contributed by atoms with Gasteiger partial charge in [0.1, 0.15) is 4.90 Å². The van der Waals surface area contributed by atoms with Gasteiger partial charge in [-0.2, -0.15) is 11.8 Å². The molecular formula is C11H17ClN2O2S2. The Morgan fingerprint density at radius 1 is 1.50 bits per heavy atom. The van der Waals surface area contributed by atoms with Gasteiger partial charge in [-0.25, -0.2) is 13.1 Å². The summed E-state index contributed by atoms with van der Waals surface area (Å²) in [6, 6.07) is 4.28. The van der Waals surface area contributed by atoms with Gasteiger partial charge in [0, 0.05) is 17.5 Å². The van der Waals surface area contributed by atoms with E-state index in [4.69, 9.17) is 17.3 Å². The molecule has 0 aromatic heterocycles. The monoisotopic (exact) mass is 308 g/mol. The SMILES string of the molecule is CCC(CSC)NS(=O)(=O)c1ccc(N)cc1Cl. The van der Waals surface area contributed by atoms with Gasteiger partial charge < -0.3 is 5.73 Å². The van der Waals surface area contributed by atoms with Gasteiger partial charge in [-0.15, -0.1) is 0 Å². The Kier molecular flexibility index (Phi) is 5.78. The third-order valence-corrected chi connectivity index (χ3v) is 5.17. The zero-order chi connectivity index (χ0) is 13.8.